The molecule has 0 saturated carbocycles. The van der Waals surface area contributed by atoms with E-state index in [1.165, 1.54) is 0 Å². The van der Waals surface area contributed by atoms with Crippen molar-refractivity contribution in [2.75, 3.05) is 13.2 Å². The summed E-state index contributed by atoms with van der Waals surface area (Å²) in [5.74, 6) is 2.31. The van der Waals surface area contributed by atoms with Gasteiger partial charge in [0.25, 0.3) is 0 Å². The first-order chi connectivity index (χ1) is 17.4. The molecule has 3 rings (SSSR count). The van der Waals surface area contributed by atoms with Crippen molar-refractivity contribution in [1.29, 1.82) is 0 Å². The minimum Gasteiger partial charge on any atom is -0.543 e. The highest BCUT2D eigenvalue weighted by Crippen LogP contribution is 2.37. The molecular formula is C29H36ClNO5Si. The van der Waals surface area contributed by atoms with Gasteiger partial charge in [0.15, 0.2) is 0 Å². The minimum absolute atomic E-state index is 0.0363. The Labute approximate surface area is 225 Å². The second kappa shape index (κ2) is 12.5. The Hall–Kier alpha value is -3.00. The van der Waals surface area contributed by atoms with Gasteiger partial charge in [-0.2, -0.15) is 0 Å². The Morgan fingerprint density at radius 1 is 0.973 bits per heavy atom. The normalized spacial score (nSPS) is 12.5. The van der Waals surface area contributed by atoms with Gasteiger partial charge in [0.2, 0.25) is 8.32 Å². The molecule has 0 heterocycles. The summed E-state index contributed by atoms with van der Waals surface area (Å²) in [5, 5.41) is 13.4. The second-order valence-corrected chi connectivity index (χ2v) is 15.6. The highest BCUT2D eigenvalue weighted by Gasteiger charge is 2.38. The Bertz CT molecular complexity index is 1160. The molecule has 0 unspecified atom stereocenters. The first-order valence-corrected chi connectivity index (χ1v) is 15.6. The van der Waals surface area contributed by atoms with Crippen molar-refractivity contribution >= 4 is 26.0 Å². The summed E-state index contributed by atoms with van der Waals surface area (Å²) in [4.78, 5) is 11.9. The number of carbonyl (C=O) groups excluding carboxylic acids is 1. The van der Waals surface area contributed by atoms with E-state index < -0.39 is 20.5 Å². The Morgan fingerprint density at radius 2 is 1.57 bits per heavy atom. The first-order valence-electron chi connectivity index (χ1n) is 12.3. The summed E-state index contributed by atoms with van der Waals surface area (Å²) in [6.07, 6.45) is -0.883. The van der Waals surface area contributed by atoms with Crippen LogP contribution in [-0.4, -0.2) is 32.7 Å². The summed E-state index contributed by atoms with van der Waals surface area (Å²) in [7, 11) is -1.88. The van der Waals surface area contributed by atoms with E-state index in [0.29, 0.717) is 17.0 Å². The van der Waals surface area contributed by atoms with Crippen LogP contribution in [-0.2, 0) is 11.2 Å². The van der Waals surface area contributed by atoms with Crippen LogP contribution < -0.4 is 14.5 Å². The Balaban J connectivity index is 1.40. The van der Waals surface area contributed by atoms with Crippen LogP contribution in [0.1, 0.15) is 38.0 Å². The molecule has 8 heteroatoms. The topological polar surface area (TPSA) is 77.0 Å². The van der Waals surface area contributed by atoms with Crippen molar-refractivity contribution < 1.29 is 23.8 Å². The van der Waals surface area contributed by atoms with Crippen LogP contribution in [0.4, 0.5) is 4.79 Å². The van der Waals surface area contributed by atoms with Crippen molar-refractivity contribution in [2.24, 2.45) is 0 Å². The average molecular weight is 542 g/mol. The highest BCUT2D eigenvalue weighted by atomic mass is 35.5. The predicted molar refractivity (Wildman–Crippen MR) is 150 cm³/mol. The molecule has 3 aromatic rings. The fourth-order valence-electron chi connectivity index (χ4n) is 3.21. The number of ether oxygens (including phenoxy) is 2. The van der Waals surface area contributed by atoms with Gasteiger partial charge in [-0.25, -0.2) is 4.79 Å². The number of halogens is 1. The maximum Gasteiger partial charge on any atom is 0.407 e. The fourth-order valence-corrected chi connectivity index (χ4v) is 4.44. The van der Waals surface area contributed by atoms with Gasteiger partial charge in [0.1, 0.15) is 17.2 Å². The molecule has 1 amide bonds. The van der Waals surface area contributed by atoms with Crippen LogP contribution in [0.15, 0.2) is 72.8 Å². The van der Waals surface area contributed by atoms with Crippen molar-refractivity contribution in [1.82, 2.24) is 5.32 Å². The van der Waals surface area contributed by atoms with Gasteiger partial charge in [-0.15, -0.1) is 0 Å². The van der Waals surface area contributed by atoms with Gasteiger partial charge >= 0.3 is 6.09 Å². The molecular weight excluding hydrogens is 506 g/mol. The van der Waals surface area contributed by atoms with Crippen molar-refractivity contribution in [3.05, 3.63) is 88.9 Å². The summed E-state index contributed by atoms with van der Waals surface area (Å²) in [6, 6.07) is 22.2. The summed E-state index contributed by atoms with van der Waals surface area (Å²) >= 11 is 5.93. The average Bonchev–Trinajstić information content (AvgIpc) is 2.84. The van der Waals surface area contributed by atoms with E-state index in [1.54, 1.807) is 24.3 Å². The quantitative estimate of drug-likeness (QED) is 0.259. The summed E-state index contributed by atoms with van der Waals surface area (Å²) in [5.41, 5.74) is 1.64. The molecule has 1 atom stereocenters. The van der Waals surface area contributed by atoms with Gasteiger partial charge in [-0.3, -0.25) is 0 Å². The van der Waals surface area contributed by atoms with Crippen molar-refractivity contribution in [2.45, 2.75) is 51.4 Å². The maximum atomic E-state index is 11.9. The fraction of sp³-hybridized carbons (Fsp3) is 0.345. The number of aliphatic hydroxyl groups excluding tert-OH is 1. The molecule has 0 saturated heterocycles. The molecule has 0 aliphatic carbocycles. The van der Waals surface area contributed by atoms with E-state index in [9.17, 15) is 9.90 Å². The lowest BCUT2D eigenvalue weighted by Gasteiger charge is -2.36. The lowest BCUT2D eigenvalue weighted by atomic mass is 10.1. The number of alkyl carbamates (subject to hydrolysis) is 1. The Morgan fingerprint density at radius 3 is 2.16 bits per heavy atom. The van der Waals surface area contributed by atoms with Gasteiger partial charge in [-0.1, -0.05) is 56.6 Å². The number of hydrogen-bond acceptors (Lipinski definition) is 5. The second-order valence-electron chi connectivity index (χ2n) is 10.4. The molecule has 0 aliphatic rings. The van der Waals surface area contributed by atoms with Crippen LogP contribution in [0, 0.1) is 0 Å². The molecule has 0 fully saturated rings. The Kier molecular flexibility index (Phi) is 9.65. The highest BCUT2D eigenvalue weighted by molar-refractivity contribution is 6.74. The van der Waals surface area contributed by atoms with E-state index in [4.69, 9.17) is 25.5 Å². The molecule has 0 spiro atoms. The van der Waals surface area contributed by atoms with Gasteiger partial charge in [0, 0.05) is 11.4 Å². The third kappa shape index (κ3) is 8.81. The third-order valence-corrected chi connectivity index (χ3v) is 11.1. The van der Waals surface area contributed by atoms with E-state index in [2.05, 4.69) is 39.2 Å². The number of rotatable bonds is 10. The number of benzene rings is 3. The first kappa shape index (κ1) is 28.6. The molecule has 2 N–H and O–H groups in total. The third-order valence-electron chi connectivity index (χ3n) is 6.46. The standard InChI is InChI=1S/C29H36ClNO5Si/c1-29(2,3)37(4,5)36-26-15-13-25(14-16-26)35-24-11-9-21(10-12-24)17-18-34-28(33)31-20-27(32)22-7-6-8-23(30)19-22/h6-16,19,27,32H,17-18,20H2,1-5H3,(H,31,33)/t27-/m0/s1. The number of amides is 1. The SMILES string of the molecule is CC(C)(C)[Si](C)(C)Oc1ccc(Oc2ccc(CCOC(=O)NC[C@H](O)c3cccc(Cl)c3)cc2)cc1. The molecule has 0 aliphatic heterocycles. The number of aliphatic hydroxyl groups is 1. The molecule has 0 aromatic heterocycles. The monoisotopic (exact) mass is 541 g/mol. The summed E-state index contributed by atoms with van der Waals surface area (Å²) < 4.78 is 17.5. The van der Waals surface area contributed by atoms with Crippen LogP contribution in [0.2, 0.25) is 23.2 Å². The lowest BCUT2D eigenvalue weighted by Crippen LogP contribution is -2.43. The maximum absolute atomic E-state index is 11.9. The number of nitrogens with one attached hydrogen (secondary N) is 1. The zero-order valence-electron chi connectivity index (χ0n) is 22.1. The number of hydrogen-bond donors (Lipinski definition) is 2. The minimum atomic E-state index is -1.88. The van der Waals surface area contributed by atoms with E-state index >= 15 is 0 Å². The zero-order chi connectivity index (χ0) is 27.1. The molecule has 37 heavy (non-hydrogen) atoms. The molecule has 0 radical (unpaired) electrons. The van der Waals surface area contributed by atoms with Crippen LogP contribution in [0.25, 0.3) is 0 Å². The number of carbonyl (C=O) groups is 1. The molecule has 198 valence electrons. The van der Waals surface area contributed by atoms with Crippen molar-refractivity contribution in [3.63, 3.8) is 0 Å². The van der Waals surface area contributed by atoms with E-state index in [-0.39, 0.29) is 18.2 Å². The van der Waals surface area contributed by atoms with E-state index in [1.807, 2.05) is 48.5 Å². The summed E-state index contributed by atoms with van der Waals surface area (Å²) in [6.45, 7) is 11.4. The predicted octanol–water partition coefficient (Wildman–Crippen LogP) is 7.52. The van der Waals surface area contributed by atoms with Gasteiger partial charge in [0.05, 0.1) is 19.3 Å². The van der Waals surface area contributed by atoms with Gasteiger partial charge < -0.3 is 24.3 Å². The smallest absolute Gasteiger partial charge is 0.407 e. The van der Waals surface area contributed by atoms with Crippen LogP contribution in [0.5, 0.6) is 17.2 Å². The molecule has 6 nitrogen and oxygen atoms in total. The molecule has 3 aromatic carbocycles. The van der Waals surface area contributed by atoms with Crippen LogP contribution >= 0.6 is 11.6 Å². The van der Waals surface area contributed by atoms with Crippen molar-refractivity contribution in [3.8, 4) is 17.2 Å². The zero-order valence-corrected chi connectivity index (χ0v) is 23.8. The van der Waals surface area contributed by atoms with Gasteiger partial charge in [-0.05, 0) is 77.8 Å². The lowest BCUT2D eigenvalue weighted by molar-refractivity contribution is 0.132. The van der Waals surface area contributed by atoms with Crippen LogP contribution in [0.3, 0.4) is 0 Å². The van der Waals surface area contributed by atoms with E-state index in [0.717, 1.165) is 22.8 Å². The largest absolute Gasteiger partial charge is 0.543 e. The molecule has 0 bridgehead atoms.